The van der Waals surface area contributed by atoms with Crippen LogP contribution < -0.4 is 10.1 Å². The normalized spacial score (nSPS) is 10.4. The molecule has 0 spiro atoms. The Bertz CT molecular complexity index is 764. The molecule has 0 saturated heterocycles. The second kappa shape index (κ2) is 5.05. The zero-order chi connectivity index (χ0) is 13.9. The average molecular weight is 267 g/mol. The molecule has 0 bridgehead atoms. The lowest BCUT2D eigenvalue weighted by atomic mass is 10.2. The van der Waals surface area contributed by atoms with E-state index in [1.54, 1.807) is 18.2 Å². The summed E-state index contributed by atoms with van der Waals surface area (Å²) in [6.45, 7) is 0. The Morgan fingerprint density at radius 3 is 2.75 bits per heavy atom. The summed E-state index contributed by atoms with van der Waals surface area (Å²) < 4.78 is 5.18. The number of methoxy groups -OCH3 is 1. The van der Waals surface area contributed by atoms with Crippen molar-refractivity contribution in [1.82, 2.24) is 10.2 Å². The molecule has 5 heteroatoms. The van der Waals surface area contributed by atoms with Crippen molar-refractivity contribution in [1.29, 1.82) is 0 Å². The fourth-order valence-electron chi connectivity index (χ4n) is 2.07. The van der Waals surface area contributed by atoms with Gasteiger partial charge in [-0.2, -0.15) is 5.10 Å². The molecule has 1 aromatic heterocycles. The lowest BCUT2D eigenvalue weighted by molar-refractivity contribution is 0.102. The van der Waals surface area contributed by atoms with E-state index in [4.69, 9.17) is 4.74 Å². The van der Waals surface area contributed by atoms with Crippen LogP contribution in [0.25, 0.3) is 10.9 Å². The topological polar surface area (TPSA) is 67.0 Å². The number of para-hydroxylation sites is 2. The number of hydrogen-bond donors (Lipinski definition) is 2. The third kappa shape index (κ3) is 2.09. The molecule has 0 aliphatic carbocycles. The van der Waals surface area contributed by atoms with E-state index in [9.17, 15) is 4.79 Å². The number of benzene rings is 2. The summed E-state index contributed by atoms with van der Waals surface area (Å²) in [7, 11) is 1.54. The Morgan fingerprint density at radius 1 is 1.15 bits per heavy atom. The van der Waals surface area contributed by atoms with Gasteiger partial charge in [0.05, 0.1) is 18.2 Å². The molecular weight excluding hydrogens is 254 g/mol. The molecule has 0 unspecified atom stereocenters. The summed E-state index contributed by atoms with van der Waals surface area (Å²) in [4.78, 5) is 12.3. The Labute approximate surface area is 115 Å². The van der Waals surface area contributed by atoms with Gasteiger partial charge in [0, 0.05) is 5.39 Å². The van der Waals surface area contributed by atoms with Gasteiger partial charge in [0.2, 0.25) is 0 Å². The molecular formula is C15H13N3O2. The quantitative estimate of drug-likeness (QED) is 0.766. The van der Waals surface area contributed by atoms with Gasteiger partial charge in [0.25, 0.3) is 5.91 Å². The van der Waals surface area contributed by atoms with Crippen LogP contribution in [0.4, 0.5) is 5.82 Å². The molecule has 2 N–H and O–H groups in total. The molecule has 100 valence electrons. The van der Waals surface area contributed by atoms with Gasteiger partial charge < -0.3 is 10.1 Å². The van der Waals surface area contributed by atoms with Gasteiger partial charge in [-0.05, 0) is 24.3 Å². The van der Waals surface area contributed by atoms with Gasteiger partial charge in [-0.15, -0.1) is 0 Å². The monoisotopic (exact) mass is 267 g/mol. The van der Waals surface area contributed by atoms with E-state index in [1.165, 1.54) is 7.11 Å². The van der Waals surface area contributed by atoms with E-state index < -0.39 is 0 Å². The van der Waals surface area contributed by atoms with Crippen LogP contribution >= 0.6 is 0 Å². The number of carbonyl (C=O) groups excluding carboxylic acids is 1. The number of nitrogens with one attached hydrogen (secondary N) is 2. The first-order valence-electron chi connectivity index (χ1n) is 6.17. The lowest BCUT2D eigenvalue weighted by Crippen LogP contribution is -2.13. The van der Waals surface area contributed by atoms with Crippen LogP contribution in [0.1, 0.15) is 10.4 Å². The van der Waals surface area contributed by atoms with E-state index in [0.717, 1.165) is 10.9 Å². The van der Waals surface area contributed by atoms with Crippen LogP contribution in [0.5, 0.6) is 5.75 Å². The first kappa shape index (κ1) is 12.2. The Morgan fingerprint density at radius 2 is 1.90 bits per heavy atom. The third-order valence-corrected chi connectivity index (χ3v) is 3.05. The van der Waals surface area contributed by atoms with Crippen molar-refractivity contribution in [3.63, 3.8) is 0 Å². The molecule has 0 aliphatic rings. The van der Waals surface area contributed by atoms with Gasteiger partial charge >= 0.3 is 0 Å². The van der Waals surface area contributed by atoms with Crippen molar-refractivity contribution < 1.29 is 9.53 Å². The number of aromatic amines is 1. The Balaban J connectivity index is 1.93. The second-order valence-corrected chi connectivity index (χ2v) is 4.27. The summed E-state index contributed by atoms with van der Waals surface area (Å²) >= 11 is 0. The Hall–Kier alpha value is -2.82. The van der Waals surface area contributed by atoms with Crippen LogP contribution in [-0.2, 0) is 0 Å². The number of amides is 1. The Kier molecular flexibility index (Phi) is 3.09. The summed E-state index contributed by atoms with van der Waals surface area (Å²) in [5.74, 6) is 0.793. The van der Waals surface area contributed by atoms with Gasteiger partial charge in [0.1, 0.15) is 5.75 Å². The molecule has 5 nitrogen and oxygen atoms in total. The summed E-state index contributed by atoms with van der Waals surface area (Å²) in [5.41, 5.74) is 1.35. The van der Waals surface area contributed by atoms with E-state index in [0.29, 0.717) is 17.1 Å². The highest BCUT2D eigenvalue weighted by molar-refractivity contribution is 6.09. The second-order valence-electron chi connectivity index (χ2n) is 4.27. The van der Waals surface area contributed by atoms with Crippen LogP contribution in [0.3, 0.4) is 0 Å². The highest BCUT2D eigenvalue weighted by atomic mass is 16.5. The minimum atomic E-state index is -0.250. The van der Waals surface area contributed by atoms with E-state index >= 15 is 0 Å². The first-order valence-corrected chi connectivity index (χ1v) is 6.17. The number of carbonyl (C=O) groups is 1. The van der Waals surface area contributed by atoms with Crippen LogP contribution in [-0.4, -0.2) is 23.2 Å². The number of fused-ring (bicyclic) bond motifs is 1. The van der Waals surface area contributed by atoms with Gasteiger partial charge in [-0.3, -0.25) is 9.89 Å². The maximum absolute atomic E-state index is 12.3. The molecule has 0 aliphatic heterocycles. The molecule has 3 rings (SSSR count). The fourth-order valence-corrected chi connectivity index (χ4v) is 2.07. The highest BCUT2D eigenvalue weighted by Crippen LogP contribution is 2.22. The number of ether oxygens (including phenoxy) is 1. The van der Waals surface area contributed by atoms with Crippen LogP contribution in [0.2, 0.25) is 0 Å². The fraction of sp³-hybridized carbons (Fsp3) is 0.0667. The van der Waals surface area contributed by atoms with E-state index in [-0.39, 0.29) is 5.91 Å². The van der Waals surface area contributed by atoms with Gasteiger partial charge in [-0.25, -0.2) is 0 Å². The highest BCUT2D eigenvalue weighted by Gasteiger charge is 2.14. The molecule has 0 radical (unpaired) electrons. The molecule has 0 fully saturated rings. The van der Waals surface area contributed by atoms with Crippen molar-refractivity contribution in [3.05, 3.63) is 54.1 Å². The van der Waals surface area contributed by atoms with Crippen molar-refractivity contribution in [2.45, 2.75) is 0 Å². The molecule has 0 atom stereocenters. The smallest absolute Gasteiger partial charge is 0.260 e. The molecule has 3 aromatic rings. The molecule has 1 heterocycles. The molecule has 1 amide bonds. The van der Waals surface area contributed by atoms with Crippen molar-refractivity contribution in [2.75, 3.05) is 12.4 Å². The van der Waals surface area contributed by atoms with E-state index in [1.807, 2.05) is 30.3 Å². The maximum Gasteiger partial charge on any atom is 0.260 e. The predicted molar refractivity (Wildman–Crippen MR) is 77.0 cm³/mol. The van der Waals surface area contributed by atoms with E-state index in [2.05, 4.69) is 15.5 Å². The van der Waals surface area contributed by atoms with Crippen molar-refractivity contribution in [2.24, 2.45) is 0 Å². The number of aromatic nitrogens is 2. The first-order chi connectivity index (χ1) is 9.79. The number of H-pyrrole nitrogens is 1. The number of nitrogens with zero attached hydrogens (tertiary/aromatic N) is 1. The largest absolute Gasteiger partial charge is 0.496 e. The standard InChI is InChI=1S/C15H13N3O2/c1-20-13-9-5-3-7-11(13)15(19)16-14-10-6-2-4-8-12(10)17-18-14/h2-9H,1H3,(H2,16,17,18,19). The van der Waals surface area contributed by atoms with Crippen LogP contribution in [0, 0.1) is 0 Å². The molecule has 20 heavy (non-hydrogen) atoms. The minimum Gasteiger partial charge on any atom is -0.496 e. The average Bonchev–Trinajstić information content (AvgIpc) is 2.90. The summed E-state index contributed by atoms with van der Waals surface area (Å²) in [6, 6.07) is 14.7. The number of hydrogen-bond acceptors (Lipinski definition) is 3. The lowest BCUT2D eigenvalue weighted by Gasteiger charge is -2.07. The summed E-state index contributed by atoms with van der Waals surface area (Å²) in [5, 5.41) is 10.7. The number of anilines is 1. The maximum atomic E-state index is 12.3. The number of rotatable bonds is 3. The van der Waals surface area contributed by atoms with Crippen molar-refractivity contribution in [3.8, 4) is 5.75 Å². The van der Waals surface area contributed by atoms with Gasteiger partial charge in [-0.1, -0.05) is 24.3 Å². The van der Waals surface area contributed by atoms with Crippen LogP contribution in [0.15, 0.2) is 48.5 Å². The SMILES string of the molecule is COc1ccccc1C(=O)Nc1n[nH]c2ccccc12. The predicted octanol–water partition coefficient (Wildman–Crippen LogP) is 2.82. The minimum absolute atomic E-state index is 0.250. The zero-order valence-electron chi connectivity index (χ0n) is 10.9. The zero-order valence-corrected chi connectivity index (χ0v) is 10.9. The van der Waals surface area contributed by atoms with Crippen molar-refractivity contribution >= 4 is 22.6 Å². The van der Waals surface area contributed by atoms with Gasteiger partial charge in [0.15, 0.2) is 5.82 Å². The third-order valence-electron chi connectivity index (χ3n) is 3.05. The molecule has 2 aromatic carbocycles. The molecule has 0 saturated carbocycles. The summed E-state index contributed by atoms with van der Waals surface area (Å²) in [6.07, 6.45) is 0.